The van der Waals surface area contributed by atoms with Crippen molar-refractivity contribution in [2.75, 3.05) is 4.90 Å². The van der Waals surface area contributed by atoms with Crippen LogP contribution in [0.25, 0.3) is 76.2 Å². The maximum absolute atomic E-state index is 6.38. The van der Waals surface area contributed by atoms with Crippen molar-refractivity contribution >= 4 is 82.1 Å². The Morgan fingerprint density at radius 1 is 0.354 bits per heavy atom. The van der Waals surface area contributed by atoms with Crippen molar-refractivity contribution in [1.82, 2.24) is 0 Å². The molecule has 0 unspecified atom stereocenters. The fourth-order valence-electron chi connectivity index (χ4n) is 7.67. The van der Waals surface area contributed by atoms with Crippen LogP contribution in [0.5, 0.6) is 0 Å². The summed E-state index contributed by atoms with van der Waals surface area (Å²) in [5.74, 6) is 0. The number of furan rings is 1. The minimum absolute atomic E-state index is 0.878. The molecular formula is C46H29NO. The van der Waals surface area contributed by atoms with E-state index in [2.05, 4.69) is 175 Å². The van der Waals surface area contributed by atoms with Crippen LogP contribution < -0.4 is 4.90 Å². The van der Waals surface area contributed by atoms with E-state index < -0.39 is 0 Å². The predicted octanol–water partition coefficient (Wildman–Crippen LogP) is 13.3. The van der Waals surface area contributed by atoms with Crippen molar-refractivity contribution < 1.29 is 4.42 Å². The van der Waals surface area contributed by atoms with Gasteiger partial charge in [-0.1, -0.05) is 133 Å². The second-order valence-electron chi connectivity index (χ2n) is 12.5. The lowest BCUT2D eigenvalue weighted by Gasteiger charge is -2.27. The highest BCUT2D eigenvalue weighted by atomic mass is 16.3. The van der Waals surface area contributed by atoms with Crippen LogP contribution in [-0.2, 0) is 0 Å². The molecule has 0 radical (unpaired) electrons. The third-order valence-corrected chi connectivity index (χ3v) is 9.83. The first kappa shape index (κ1) is 26.8. The Kier molecular flexibility index (Phi) is 5.91. The maximum Gasteiger partial charge on any atom is 0.137 e. The molecule has 2 heteroatoms. The van der Waals surface area contributed by atoms with E-state index in [4.69, 9.17) is 4.42 Å². The smallest absolute Gasteiger partial charge is 0.137 e. The minimum atomic E-state index is 0.878. The van der Waals surface area contributed by atoms with Gasteiger partial charge in [-0.05, 0) is 96.7 Å². The SMILES string of the molecule is c1ccc2c(-c3ccc(N(c4ccc5c6ccccc6c6ccccc6c5c4)c4cccc5oc6ccccc6c45)cc3)cccc2c1. The Hall–Kier alpha value is -6.38. The molecular weight excluding hydrogens is 583 g/mol. The van der Waals surface area contributed by atoms with Crippen LogP contribution in [0, 0.1) is 0 Å². The number of hydrogen-bond acceptors (Lipinski definition) is 2. The summed E-state index contributed by atoms with van der Waals surface area (Å²) in [4.78, 5) is 2.39. The molecule has 0 N–H and O–H groups in total. The average molecular weight is 612 g/mol. The normalized spacial score (nSPS) is 11.8. The Bertz CT molecular complexity index is 2800. The average Bonchev–Trinajstić information content (AvgIpc) is 3.55. The Morgan fingerprint density at radius 2 is 0.896 bits per heavy atom. The molecule has 0 fully saturated rings. The van der Waals surface area contributed by atoms with Gasteiger partial charge < -0.3 is 9.32 Å². The van der Waals surface area contributed by atoms with Crippen molar-refractivity contribution in [1.29, 1.82) is 0 Å². The zero-order valence-electron chi connectivity index (χ0n) is 26.1. The highest BCUT2D eigenvalue weighted by Gasteiger charge is 2.20. The van der Waals surface area contributed by atoms with Crippen LogP contribution in [0.15, 0.2) is 180 Å². The number of rotatable bonds is 4. The van der Waals surface area contributed by atoms with Gasteiger partial charge in [0.1, 0.15) is 11.2 Å². The molecule has 0 saturated carbocycles. The lowest BCUT2D eigenvalue weighted by Crippen LogP contribution is -2.10. The van der Waals surface area contributed by atoms with Crippen molar-refractivity contribution in [2.24, 2.45) is 0 Å². The summed E-state index contributed by atoms with van der Waals surface area (Å²) in [6, 6.07) is 63.3. The first-order chi connectivity index (χ1) is 23.8. The number of para-hydroxylation sites is 1. The van der Waals surface area contributed by atoms with Gasteiger partial charge in [0.05, 0.1) is 11.1 Å². The fraction of sp³-hybridized carbons (Fsp3) is 0. The molecule has 1 aromatic heterocycles. The summed E-state index contributed by atoms with van der Waals surface area (Å²) in [7, 11) is 0. The van der Waals surface area contributed by atoms with Crippen LogP contribution in [-0.4, -0.2) is 0 Å². The maximum atomic E-state index is 6.38. The summed E-state index contributed by atoms with van der Waals surface area (Å²) in [6.07, 6.45) is 0. The second-order valence-corrected chi connectivity index (χ2v) is 12.5. The Labute approximate surface area is 277 Å². The van der Waals surface area contributed by atoms with E-state index >= 15 is 0 Å². The number of fused-ring (bicyclic) bond motifs is 10. The number of hydrogen-bond donors (Lipinski definition) is 0. The van der Waals surface area contributed by atoms with E-state index in [1.165, 1.54) is 54.2 Å². The summed E-state index contributed by atoms with van der Waals surface area (Å²) in [6.45, 7) is 0. The molecule has 2 nitrogen and oxygen atoms in total. The summed E-state index contributed by atoms with van der Waals surface area (Å²) in [5.41, 5.74) is 7.46. The van der Waals surface area contributed by atoms with Crippen molar-refractivity contribution in [3.8, 4) is 11.1 Å². The molecule has 48 heavy (non-hydrogen) atoms. The Morgan fingerprint density at radius 3 is 1.65 bits per heavy atom. The van der Waals surface area contributed by atoms with E-state index in [-0.39, 0.29) is 0 Å². The lowest BCUT2D eigenvalue weighted by atomic mass is 9.94. The van der Waals surface area contributed by atoms with Gasteiger partial charge in [0.2, 0.25) is 0 Å². The van der Waals surface area contributed by atoms with Crippen LogP contribution in [0.1, 0.15) is 0 Å². The largest absolute Gasteiger partial charge is 0.456 e. The molecule has 0 saturated heterocycles. The lowest BCUT2D eigenvalue weighted by molar-refractivity contribution is 0.669. The predicted molar refractivity (Wildman–Crippen MR) is 204 cm³/mol. The van der Waals surface area contributed by atoms with E-state index in [1.54, 1.807) is 0 Å². The minimum Gasteiger partial charge on any atom is -0.456 e. The van der Waals surface area contributed by atoms with E-state index in [1.807, 2.05) is 6.07 Å². The van der Waals surface area contributed by atoms with Crippen molar-refractivity contribution in [3.05, 3.63) is 176 Å². The van der Waals surface area contributed by atoms with Crippen LogP contribution >= 0.6 is 0 Å². The van der Waals surface area contributed by atoms with E-state index in [0.29, 0.717) is 0 Å². The van der Waals surface area contributed by atoms with Crippen molar-refractivity contribution in [3.63, 3.8) is 0 Å². The molecule has 0 aliphatic rings. The molecule has 0 amide bonds. The van der Waals surface area contributed by atoms with Gasteiger partial charge in [-0.3, -0.25) is 0 Å². The van der Waals surface area contributed by atoms with Crippen LogP contribution in [0.4, 0.5) is 17.1 Å². The van der Waals surface area contributed by atoms with Gasteiger partial charge >= 0.3 is 0 Å². The van der Waals surface area contributed by atoms with Gasteiger partial charge in [0, 0.05) is 16.8 Å². The van der Waals surface area contributed by atoms with Crippen LogP contribution in [0.3, 0.4) is 0 Å². The van der Waals surface area contributed by atoms with Gasteiger partial charge in [0.15, 0.2) is 0 Å². The third-order valence-electron chi connectivity index (χ3n) is 9.83. The van der Waals surface area contributed by atoms with Gasteiger partial charge in [-0.2, -0.15) is 0 Å². The summed E-state index contributed by atoms with van der Waals surface area (Å²) < 4.78 is 6.38. The van der Waals surface area contributed by atoms with Gasteiger partial charge in [-0.15, -0.1) is 0 Å². The molecule has 0 aliphatic heterocycles. The number of benzene rings is 9. The molecule has 10 rings (SSSR count). The number of nitrogens with zero attached hydrogens (tertiary/aromatic N) is 1. The highest BCUT2D eigenvalue weighted by Crippen LogP contribution is 2.45. The molecule has 0 atom stereocenters. The first-order valence-electron chi connectivity index (χ1n) is 16.4. The van der Waals surface area contributed by atoms with Crippen LogP contribution in [0.2, 0.25) is 0 Å². The van der Waals surface area contributed by atoms with Crippen molar-refractivity contribution in [2.45, 2.75) is 0 Å². The standard InChI is InChI=1S/C46H29NO/c1-2-13-34-30(11-1)12-9-19-35(34)31-23-25-32(26-24-31)47(43-20-10-22-45-46(43)41-18-7-8-21-44(41)48-45)33-27-28-40-38-16-4-3-14-36(38)37-15-5-6-17-39(37)42(40)29-33/h1-29H. The third kappa shape index (κ3) is 4.06. The molecule has 9 aromatic carbocycles. The van der Waals surface area contributed by atoms with E-state index in [0.717, 1.165) is 39.0 Å². The summed E-state index contributed by atoms with van der Waals surface area (Å²) in [5, 5.41) is 12.3. The molecule has 224 valence electrons. The summed E-state index contributed by atoms with van der Waals surface area (Å²) >= 11 is 0. The molecule has 0 aliphatic carbocycles. The molecule has 10 aromatic rings. The molecule has 0 bridgehead atoms. The Balaban J connectivity index is 1.23. The first-order valence-corrected chi connectivity index (χ1v) is 16.4. The monoisotopic (exact) mass is 611 g/mol. The highest BCUT2D eigenvalue weighted by molar-refractivity contribution is 6.26. The molecule has 1 heterocycles. The molecule has 0 spiro atoms. The van der Waals surface area contributed by atoms with Gasteiger partial charge in [0.25, 0.3) is 0 Å². The zero-order chi connectivity index (χ0) is 31.6. The topological polar surface area (TPSA) is 16.4 Å². The zero-order valence-corrected chi connectivity index (χ0v) is 26.1. The van der Waals surface area contributed by atoms with E-state index in [9.17, 15) is 0 Å². The fourth-order valence-corrected chi connectivity index (χ4v) is 7.67. The number of anilines is 3. The van der Waals surface area contributed by atoms with Gasteiger partial charge in [-0.25, -0.2) is 0 Å². The second kappa shape index (κ2) is 10.6. The quantitative estimate of drug-likeness (QED) is 0.184.